The minimum atomic E-state index is 0.0264. The molecule has 0 bridgehead atoms. The lowest BCUT2D eigenvalue weighted by Gasteiger charge is -2.20. The summed E-state index contributed by atoms with van der Waals surface area (Å²) in [5.41, 5.74) is 7.06. The van der Waals surface area contributed by atoms with Crippen LogP contribution in [-0.2, 0) is 6.42 Å². The van der Waals surface area contributed by atoms with Crippen LogP contribution in [0.25, 0.3) is 0 Å². The number of nitrogen functional groups attached to an aromatic ring is 1. The average molecular weight is 311 g/mol. The molecule has 3 heterocycles. The summed E-state index contributed by atoms with van der Waals surface area (Å²) >= 11 is 0. The third kappa shape index (κ3) is 4.03. The van der Waals surface area contributed by atoms with Gasteiger partial charge >= 0.3 is 0 Å². The zero-order chi connectivity index (χ0) is 16.1. The molecule has 0 saturated carbocycles. The molecule has 0 radical (unpaired) electrons. The summed E-state index contributed by atoms with van der Waals surface area (Å²) in [5.74, 6) is 0.995. The van der Waals surface area contributed by atoms with Gasteiger partial charge in [-0.15, -0.1) is 0 Å². The van der Waals surface area contributed by atoms with Gasteiger partial charge in [0.2, 0.25) is 0 Å². The second-order valence-electron chi connectivity index (χ2n) is 5.94. The molecule has 1 fully saturated rings. The van der Waals surface area contributed by atoms with E-state index in [1.165, 1.54) is 0 Å². The highest BCUT2D eigenvalue weighted by atomic mass is 16.2. The Morgan fingerprint density at radius 2 is 2.09 bits per heavy atom. The number of amides is 1. The molecule has 0 unspecified atom stereocenters. The lowest BCUT2D eigenvalue weighted by molar-refractivity contribution is 0.0754. The van der Waals surface area contributed by atoms with Gasteiger partial charge in [0.15, 0.2) is 0 Å². The average Bonchev–Trinajstić information content (AvgIpc) is 2.83. The SMILES string of the molecule is Nc1cnc(C[C@H]2CCCN(C(=O)c3ccccn3)CC2)cn1. The molecule has 2 aromatic heterocycles. The van der Waals surface area contributed by atoms with Crippen LogP contribution in [0.3, 0.4) is 0 Å². The zero-order valence-electron chi connectivity index (χ0n) is 13.1. The molecule has 0 spiro atoms. The van der Waals surface area contributed by atoms with E-state index in [4.69, 9.17) is 5.73 Å². The van der Waals surface area contributed by atoms with E-state index >= 15 is 0 Å². The van der Waals surface area contributed by atoms with Crippen molar-refractivity contribution in [2.45, 2.75) is 25.7 Å². The number of hydrogen-bond donors (Lipinski definition) is 1. The number of pyridine rings is 1. The highest BCUT2D eigenvalue weighted by Gasteiger charge is 2.22. The summed E-state index contributed by atoms with van der Waals surface area (Å²) in [6, 6.07) is 5.44. The first kappa shape index (κ1) is 15.4. The standard InChI is InChI=1S/C17H21N5O/c18-16-12-20-14(11-21-16)10-13-4-3-8-22(9-6-13)17(23)15-5-1-2-7-19-15/h1-2,5,7,11-13H,3-4,6,8-10H2,(H2,18,21)/t13-/m0/s1. The number of nitrogens with two attached hydrogens (primary N) is 1. The summed E-state index contributed by atoms with van der Waals surface area (Å²) in [5, 5.41) is 0. The van der Waals surface area contributed by atoms with E-state index in [1.54, 1.807) is 24.7 Å². The molecule has 3 rings (SSSR count). The van der Waals surface area contributed by atoms with Crippen molar-refractivity contribution in [3.8, 4) is 0 Å². The molecule has 0 aromatic carbocycles. The van der Waals surface area contributed by atoms with Crippen LogP contribution in [0.4, 0.5) is 5.82 Å². The van der Waals surface area contributed by atoms with E-state index in [9.17, 15) is 4.79 Å². The number of hydrogen-bond acceptors (Lipinski definition) is 5. The fourth-order valence-corrected chi connectivity index (χ4v) is 2.99. The Hall–Kier alpha value is -2.50. The molecule has 0 aliphatic carbocycles. The molecule has 1 aliphatic rings. The molecule has 120 valence electrons. The number of aromatic nitrogens is 3. The van der Waals surface area contributed by atoms with Gasteiger partial charge in [-0.1, -0.05) is 6.07 Å². The summed E-state index contributed by atoms with van der Waals surface area (Å²) in [7, 11) is 0. The number of likely N-dealkylation sites (tertiary alicyclic amines) is 1. The second kappa shape index (κ2) is 7.17. The highest BCUT2D eigenvalue weighted by molar-refractivity contribution is 5.92. The first-order valence-corrected chi connectivity index (χ1v) is 7.99. The predicted molar refractivity (Wildman–Crippen MR) is 87.6 cm³/mol. The van der Waals surface area contributed by atoms with Crippen LogP contribution in [0.2, 0.25) is 0 Å². The highest BCUT2D eigenvalue weighted by Crippen LogP contribution is 2.22. The molecule has 2 N–H and O–H groups in total. The minimum Gasteiger partial charge on any atom is -0.382 e. The first-order chi connectivity index (χ1) is 11.2. The van der Waals surface area contributed by atoms with Gasteiger partial charge in [-0.3, -0.25) is 14.8 Å². The van der Waals surface area contributed by atoms with Crippen molar-refractivity contribution < 1.29 is 4.79 Å². The summed E-state index contributed by atoms with van der Waals surface area (Å²) in [6.07, 6.45) is 8.97. The van der Waals surface area contributed by atoms with Gasteiger partial charge in [-0.25, -0.2) is 4.98 Å². The van der Waals surface area contributed by atoms with Crippen molar-refractivity contribution >= 4 is 11.7 Å². The Balaban J connectivity index is 1.59. The van der Waals surface area contributed by atoms with Crippen LogP contribution in [0.15, 0.2) is 36.8 Å². The van der Waals surface area contributed by atoms with Gasteiger partial charge in [0, 0.05) is 19.3 Å². The van der Waals surface area contributed by atoms with Crippen molar-refractivity contribution in [3.63, 3.8) is 0 Å². The Morgan fingerprint density at radius 1 is 1.17 bits per heavy atom. The van der Waals surface area contributed by atoms with Gasteiger partial charge in [-0.05, 0) is 43.7 Å². The molecule has 6 heteroatoms. The van der Waals surface area contributed by atoms with Crippen LogP contribution in [-0.4, -0.2) is 38.8 Å². The number of rotatable bonds is 3. The van der Waals surface area contributed by atoms with Crippen molar-refractivity contribution in [1.29, 1.82) is 0 Å². The van der Waals surface area contributed by atoms with Gasteiger partial charge in [0.1, 0.15) is 11.5 Å². The molecule has 6 nitrogen and oxygen atoms in total. The van der Waals surface area contributed by atoms with Crippen molar-refractivity contribution in [2.24, 2.45) is 5.92 Å². The third-order valence-corrected chi connectivity index (χ3v) is 4.24. The van der Waals surface area contributed by atoms with Gasteiger partial charge in [0.25, 0.3) is 5.91 Å². The maximum absolute atomic E-state index is 12.5. The van der Waals surface area contributed by atoms with E-state index in [0.717, 1.165) is 44.5 Å². The topological polar surface area (TPSA) is 85.0 Å². The number of nitrogens with zero attached hydrogens (tertiary/aromatic N) is 4. The minimum absolute atomic E-state index is 0.0264. The summed E-state index contributed by atoms with van der Waals surface area (Å²) in [6.45, 7) is 1.56. The number of carbonyl (C=O) groups excluding carboxylic acids is 1. The monoisotopic (exact) mass is 311 g/mol. The molecule has 1 amide bonds. The number of anilines is 1. The molecule has 23 heavy (non-hydrogen) atoms. The van der Waals surface area contributed by atoms with Crippen LogP contribution in [0.1, 0.15) is 35.4 Å². The van der Waals surface area contributed by atoms with Gasteiger partial charge in [0.05, 0.1) is 18.1 Å². The Labute approximate surface area is 135 Å². The summed E-state index contributed by atoms with van der Waals surface area (Å²) in [4.78, 5) is 27.0. The third-order valence-electron chi connectivity index (χ3n) is 4.24. The fraction of sp³-hybridized carbons (Fsp3) is 0.412. The Kier molecular flexibility index (Phi) is 4.80. The Bertz CT molecular complexity index is 644. The number of carbonyl (C=O) groups is 1. The normalized spacial score (nSPS) is 18.4. The van der Waals surface area contributed by atoms with E-state index in [-0.39, 0.29) is 5.91 Å². The quantitative estimate of drug-likeness (QED) is 0.936. The smallest absolute Gasteiger partial charge is 0.272 e. The molecule has 2 aromatic rings. The van der Waals surface area contributed by atoms with Crippen LogP contribution < -0.4 is 5.73 Å². The van der Waals surface area contributed by atoms with Crippen molar-refractivity contribution in [2.75, 3.05) is 18.8 Å². The lowest BCUT2D eigenvalue weighted by atomic mass is 9.95. The largest absolute Gasteiger partial charge is 0.382 e. The Morgan fingerprint density at radius 3 is 2.83 bits per heavy atom. The molecule has 1 saturated heterocycles. The van der Waals surface area contributed by atoms with Gasteiger partial charge < -0.3 is 10.6 Å². The lowest BCUT2D eigenvalue weighted by Crippen LogP contribution is -2.32. The van der Waals surface area contributed by atoms with Gasteiger partial charge in [-0.2, -0.15) is 0 Å². The van der Waals surface area contributed by atoms with E-state index in [2.05, 4.69) is 15.0 Å². The molecule has 1 aliphatic heterocycles. The zero-order valence-corrected chi connectivity index (χ0v) is 13.1. The molecular formula is C17H21N5O. The molecule has 1 atom stereocenters. The van der Waals surface area contributed by atoms with E-state index < -0.39 is 0 Å². The van der Waals surface area contributed by atoms with Crippen LogP contribution in [0.5, 0.6) is 0 Å². The second-order valence-corrected chi connectivity index (χ2v) is 5.94. The maximum atomic E-state index is 12.5. The molecular weight excluding hydrogens is 290 g/mol. The first-order valence-electron chi connectivity index (χ1n) is 7.99. The van der Waals surface area contributed by atoms with E-state index in [0.29, 0.717) is 17.4 Å². The van der Waals surface area contributed by atoms with E-state index in [1.807, 2.05) is 17.0 Å². The fourth-order valence-electron chi connectivity index (χ4n) is 2.99. The maximum Gasteiger partial charge on any atom is 0.272 e. The van der Waals surface area contributed by atoms with Crippen molar-refractivity contribution in [3.05, 3.63) is 48.2 Å². The van der Waals surface area contributed by atoms with Crippen LogP contribution >= 0.6 is 0 Å². The van der Waals surface area contributed by atoms with Crippen molar-refractivity contribution in [1.82, 2.24) is 19.9 Å². The summed E-state index contributed by atoms with van der Waals surface area (Å²) < 4.78 is 0. The van der Waals surface area contributed by atoms with Crippen LogP contribution in [0, 0.1) is 5.92 Å². The predicted octanol–water partition coefficient (Wildman–Crippen LogP) is 1.94.